The number of amides is 1. The standard InChI is InChI=1S/C15H15F3N2O3/c16-15(17,18)9-19-13(21)2-1-6-20-7-5-10-8-11(14(22)23)3-4-12(10)20/h3-5,7-8H,1-2,6,9H2,(H,19,21)(H,22,23). The van der Waals surface area contributed by atoms with E-state index >= 15 is 0 Å². The van der Waals surface area contributed by atoms with E-state index in [2.05, 4.69) is 0 Å². The summed E-state index contributed by atoms with van der Waals surface area (Å²) in [5.74, 6) is -1.66. The lowest BCUT2D eigenvalue weighted by Crippen LogP contribution is -2.33. The molecular weight excluding hydrogens is 313 g/mol. The molecule has 0 aliphatic heterocycles. The quantitative estimate of drug-likeness (QED) is 0.856. The summed E-state index contributed by atoms with van der Waals surface area (Å²) in [6.45, 7) is -0.869. The fraction of sp³-hybridized carbons (Fsp3) is 0.333. The van der Waals surface area contributed by atoms with Gasteiger partial charge in [0, 0.05) is 30.1 Å². The van der Waals surface area contributed by atoms with Crippen molar-refractivity contribution in [1.29, 1.82) is 0 Å². The number of benzene rings is 1. The molecule has 0 unspecified atom stereocenters. The molecule has 23 heavy (non-hydrogen) atoms. The molecule has 1 amide bonds. The van der Waals surface area contributed by atoms with E-state index < -0.39 is 24.6 Å². The minimum atomic E-state index is -4.41. The maximum absolute atomic E-state index is 12.0. The highest BCUT2D eigenvalue weighted by molar-refractivity contribution is 5.93. The van der Waals surface area contributed by atoms with Crippen LogP contribution in [0.15, 0.2) is 30.5 Å². The van der Waals surface area contributed by atoms with Crippen LogP contribution in [0.25, 0.3) is 10.9 Å². The van der Waals surface area contributed by atoms with Crippen molar-refractivity contribution >= 4 is 22.8 Å². The number of nitrogens with one attached hydrogen (secondary N) is 1. The van der Waals surface area contributed by atoms with Gasteiger partial charge in [-0.05, 0) is 30.7 Å². The summed E-state index contributed by atoms with van der Waals surface area (Å²) in [5, 5.41) is 11.5. The third-order valence-electron chi connectivity index (χ3n) is 3.31. The molecule has 0 atom stereocenters. The summed E-state index contributed by atoms with van der Waals surface area (Å²) in [6.07, 6.45) is -2.28. The van der Waals surface area contributed by atoms with Gasteiger partial charge in [0.1, 0.15) is 6.54 Å². The van der Waals surface area contributed by atoms with Crippen LogP contribution in [-0.2, 0) is 11.3 Å². The van der Waals surface area contributed by atoms with Crippen molar-refractivity contribution in [3.8, 4) is 0 Å². The first-order valence-corrected chi connectivity index (χ1v) is 6.92. The van der Waals surface area contributed by atoms with Crippen LogP contribution >= 0.6 is 0 Å². The van der Waals surface area contributed by atoms with E-state index in [1.54, 1.807) is 24.4 Å². The van der Waals surface area contributed by atoms with Crippen molar-refractivity contribution in [3.63, 3.8) is 0 Å². The highest BCUT2D eigenvalue weighted by atomic mass is 19.4. The number of halogens is 3. The fourth-order valence-electron chi connectivity index (χ4n) is 2.23. The molecule has 0 fully saturated rings. The number of hydrogen-bond donors (Lipinski definition) is 2. The van der Waals surface area contributed by atoms with Gasteiger partial charge in [-0.1, -0.05) is 0 Å². The number of rotatable bonds is 6. The third kappa shape index (κ3) is 4.73. The molecule has 0 radical (unpaired) electrons. The molecule has 0 bridgehead atoms. The van der Waals surface area contributed by atoms with E-state index in [0.29, 0.717) is 13.0 Å². The number of hydrogen-bond acceptors (Lipinski definition) is 2. The molecule has 1 aromatic carbocycles. The number of nitrogens with zero attached hydrogens (tertiary/aromatic N) is 1. The molecule has 2 aromatic rings. The van der Waals surface area contributed by atoms with Gasteiger partial charge in [0.15, 0.2) is 0 Å². The lowest BCUT2D eigenvalue weighted by atomic mass is 10.1. The first-order valence-electron chi connectivity index (χ1n) is 6.92. The maximum atomic E-state index is 12.0. The second-order valence-corrected chi connectivity index (χ2v) is 5.08. The Labute approximate surface area is 129 Å². The number of carbonyl (C=O) groups is 2. The summed E-state index contributed by atoms with van der Waals surface area (Å²) in [7, 11) is 0. The zero-order chi connectivity index (χ0) is 17.0. The molecule has 0 aliphatic carbocycles. The largest absolute Gasteiger partial charge is 0.478 e. The van der Waals surface area contributed by atoms with Crippen molar-refractivity contribution < 1.29 is 27.9 Å². The molecule has 0 aliphatic rings. The number of fused-ring (bicyclic) bond motifs is 1. The van der Waals surface area contributed by atoms with E-state index in [1.165, 1.54) is 6.07 Å². The van der Waals surface area contributed by atoms with Gasteiger partial charge < -0.3 is 15.0 Å². The van der Waals surface area contributed by atoms with Crippen LogP contribution in [-0.4, -0.2) is 34.3 Å². The maximum Gasteiger partial charge on any atom is 0.405 e. The van der Waals surface area contributed by atoms with Gasteiger partial charge in [0.2, 0.25) is 5.91 Å². The second-order valence-electron chi connectivity index (χ2n) is 5.08. The first kappa shape index (κ1) is 16.9. The van der Waals surface area contributed by atoms with Gasteiger partial charge in [-0.2, -0.15) is 13.2 Å². The molecule has 0 spiro atoms. The zero-order valence-electron chi connectivity index (χ0n) is 12.1. The summed E-state index contributed by atoms with van der Waals surface area (Å²) in [5.41, 5.74) is 0.993. The van der Waals surface area contributed by atoms with Crippen LogP contribution in [0.4, 0.5) is 13.2 Å². The number of carboxylic acid groups (broad SMARTS) is 1. The Morgan fingerprint density at radius 2 is 1.96 bits per heavy atom. The van der Waals surface area contributed by atoms with E-state index in [0.717, 1.165) is 10.9 Å². The van der Waals surface area contributed by atoms with Crippen molar-refractivity contribution in [2.45, 2.75) is 25.6 Å². The number of aromatic nitrogens is 1. The zero-order valence-corrected chi connectivity index (χ0v) is 12.1. The van der Waals surface area contributed by atoms with Gasteiger partial charge in [0.05, 0.1) is 5.56 Å². The van der Waals surface area contributed by atoms with Crippen LogP contribution in [0.2, 0.25) is 0 Å². The lowest BCUT2D eigenvalue weighted by molar-refractivity contribution is -0.138. The van der Waals surface area contributed by atoms with Crippen molar-refractivity contribution in [1.82, 2.24) is 9.88 Å². The summed E-state index contributed by atoms with van der Waals surface area (Å²) < 4.78 is 37.7. The van der Waals surface area contributed by atoms with Gasteiger partial charge >= 0.3 is 12.1 Å². The molecule has 0 saturated carbocycles. The van der Waals surface area contributed by atoms with E-state index in [9.17, 15) is 22.8 Å². The Kier molecular flexibility index (Phi) is 4.92. The molecule has 2 rings (SSSR count). The fourth-order valence-corrected chi connectivity index (χ4v) is 2.23. The van der Waals surface area contributed by atoms with Crippen LogP contribution in [0.5, 0.6) is 0 Å². The topological polar surface area (TPSA) is 71.3 Å². The van der Waals surface area contributed by atoms with Gasteiger partial charge in [-0.15, -0.1) is 0 Å². The number of carboxylic acids is 1. The summed E-state index contributed by atoms with van der Waals surface area (Å²) in [4.78, 5) is 22.2. The smallest absolute Gasteiger partial charge is 0.405 e. The van der Waals surface area contributed by atoms with Crippen LogP contribution in [0, 0.1) is 0 Å². The number of aromatic carboxylic acids is 1. The van der Waals surface area contributed by atoms with E-state index in [4.69, 9.17) is 5.11 Å². The summed E-state index contributed by atoms with van der Waals surface area (Å²) in [6, 6.07) is 6.45. The summed E-state index contributed by atoms with van der Waals surface area (Å²) >= 11 is 0. The van der Waals surface area contributed by atoms with Gasteiger partial charge in [-0.25, -0.2) is 4.79 Å². The van der Waals surface area contributed by atoms with Crippen LogP contribution < -0.4 is 5.32 Å². The molecule has 2 N–H and O–H groups in total. The Bertz CT molecular complexity index is 722. The van der Waals surface area contributed by atoms with Crippen molar-refractivity contribution in [2.75, 3.05) is 6.54 Å². The molecule has 5 nitrogen and oxygen atoms in total. The predicted molar refractivity (Wildman–Crippen MR) is 77.2 cm³/mol. The van der Waals surface area contributed by atoms with Crippen molar-refractivity contribution in [2.24, 2.45) is 0 Å². The highest BCUT2D eigenvalue weighted by Gasteiger charge is 2.27. The Morgan fingerprint density at radius 3 is 2.61 bits per heavy atom. The van der Waals surface area contributed by atoms with E-state index in [-0.39, 0.29) is 12.0 Å². The minimum absolute atomic E-state index is 0.0109. The predicted octanol–water partition coefficient (Wildman–Crippen LogP) is 2.80. The Morgan fingerprint density at radius 1 is 1.22 bits per heavy atom. The minimum Gasteiger partial charge on any atom is -0.478 e. The SMILES string of the molecule is O=C(CCCn1ccc2cc(C(=O)O)ccc21)NCC(F)(F)F. The average Bonchev–Trinajstić information content (AvgIpc) is 2.87. The highest BCUT2D eigenvalue weighted by Crippen LogP contribution is 2.18. The third-order valence-corrected chi connectivity index (χ3v) is 3.31. The number of aryl methyl sites for hydroxylation is 1. The monoisotopic (exact) mass is 328 g/mol. The Balaban J connectivity index is 1.90. The molecular formula is C15H15F3N2O3. The van der Waals surface area contributed by atoms with Crippen LogP contribution in [0.1, 0.15) is 23.2 Å². The Hall–Kier alpha value is -2.51. The second kappa shape index (κ2) is 6.72. The average molecular weight is 328 g/mol. The van der Waals surface area contributed by atoms with Gasteiger partial charge in [0.25, 0.3) is 0 Å². The molecule has 0 saturated heterocycles. The van der Waals surface area contributed by atoms with Crippen LogP contribution in [0.3, 0.4) is 0 Å². The lowest BCUT2D eigenvalue weighted by Gasteiger charge is -2.09. The normalized spacial score (nSPS) is 11.6. The molecule has 8 heteroatoms. The molecule has 124 valence electrons. The number of alkyl halides is 3. The van der Waals surface area contributed by atoms with Gasteiger partial charge in [-0.3, -0.25) is 4.79 Å². The van der Waals surface area contributed by atoms with E-state index in [1.807, 2.05) is 9.88 Å². The first-order chi connectivity index (χ1) is 10.8. The number of carbonyl (C=O) groups excluding carboxylic acids is 1. The molecule has 1 aromatic heterocycles. The molecule has 1 heterocycles. The van der Waals surface area contributed by atoms with Crippen molar-refractivity contribution in [3.05, 3.63) is 36.0 Å².